The minimum atomic E-state index is -1.41. The summed E-state index contributed by atoms with van der Waals surface area (Å²) in [6, 6.07) is 14.1. The topological polar surface area (TPSA) is 176 Å². The van der Waals surface area contributed by atoms with Crippen molar-refractivity contribution < 1.29 is 38.6 Å². The summed E-state index contributed by atoms with van der Waals surface area (Å²) in [5, 5.41) is 17.8. The molecule has 2 aliphatic rings. The van der Waals surface area contributed by atoms with Crippen LogP contribution in [0.3, 0.4) is 0 Å². The molecule has 47 heavy (non-hydrogen) atoms. The van der Waals surface area contributed by atoms with E-state index in [2.05, 4.69) is 35.0 Å². The van der Waals surface area contributed by atoms with Crippen molar-refractivity contribution in [1.29, 1.82) is 0 Å². The number of aliphatic carboxylic acids is 1. The van der Waals surface area contributed by atoms with Gasteiger partial charge in [-0.3, -0.25) is 19.4 Å². The molecule has 0 spiro atoms. The molecule has 3 unspecified atom stereocenters. The molecular formula is C34H41N5O8. The van der Waals surface area contributed by atoms with Crippen LogP contribution in [0.4, 0.5) is 4.79 Å². The number of alkyl carbamates (subject to hydrolysis) is 1. The molecule has 2 aromatic rings. The first-order valence-corrected chi connectivity index (χ1v) is 15.6. The van der Waals surface area contributed by atoms with Crippen molar-refractivity contribution >= 4 is 35.7 Å². The number of nitrogens with one attached hydrogen (secondary N) is 3. The maximum Gasteiger partial charge on any atom is 0.408 e. The summed E-state index contributed by atoms with van der Waals surface area (Å²) < 4.78 is 10.1. The van der Waals surface area contributed by atoms with Crippen molar-refractivity contribution in [1.82, 2.24) is 20.9 Å². The third kappa shape index (κ3) is 10.1. The molecule has 0 saturated heterocycles. The highest BCUT2D eigenvalue weighted by Crippen LogP contribution is 2.29. The molecule has 3 amide bonds. The van der Waals surface area contributed by atoms with E-state index < -0.39 is 30.0 Å². The predicted octanol–water partition coefficient (Wildman–Crippen LogP) is 2.95. The number of carboxylic acids is 1. The molecule has 0 bridgehead atoms. The number of benzene rings is 2. The van der Waals surface area contributed by atoms with Crippen LogP contribution in [0.2, 0.25) is 0 Å². The Hall–Kier alpha value is -5.20. The van der Waals surface area contributed by atoms with Gasteiger partial charge in [0.1, 0.15) is 18.5 Å². The number of hydrogen-bond acceptors (Lipinski definition) is 9. The Bertz CT molecular complexity index is 1490. The molecule has 2 aromatic carbocycles. The second kappa shape index (κ2) is 16.4. The van der Waals surface area contributed by atoms with Crippen LogP contribution in [0.25, 0.3) is 0 Å². The van der Waals surface area contributed by atoms with Crippen molar-refractivity contribution in [2.45, 2.75) is 70.3 Å². The highest BCUT2D eigenvalue weighted by atomic mass is 16.5. The lowest BCUT2D eigenvalue weighted by atomic mass is 9.86. The number of amidine groups is 1. The van der Waals surface area contributed by atoms with E-state index in [1.54, 1.807) is 60.4 Å². The number of carbonyl (C=O) groups excluding carboxylic acids is 4. The Balaban J connectivity index is 1.34. The first-order valence-electron chi connectivity index (χ1n) is 15.6. The summed E-state index contributed by atoms with van der Waals surface area (Å²) in [5.41, 5.74) is 1.43. The Morgan fingerprint density at radius 2 is 1.77 bits per heavy atom. The van der Waals surface area contributed by atoms with Gasteiger partial charge in [0.15, 0.2) is 0 Å². The van der Waals surface area contributed by atoms with Gasteiger partial charge in [-0.2, -0.15) is 0 Å². The Morgan fingerprint density at radius 1 is 1.02 bits per heavy atom. The second-order valence-corrected chi connectivity index (χ2v) is 11.5. The fourth-order valence-corrected chi connectivity index (χ4v) is 5.33. The van der Waals surface area contributed by atoms with E-state index in [9.17, 15) is 29.1 Å². The zero-order valence-corrected chi connectivity index (χ0v) is 26.6. The summed E-state index contributed by atoms with van der Waals surface area (Å²) in [6.45, 7) is 4.04. The molecule has 250 valence electrons. The Morgan fingerprint density at radius 3 is 2.45 bits per heavy atom. The zero-order valence-electron chi connectivity index (χ0n) is 26.6. The lowest BCUT2D eigenvalue weighted by Crippen LogP contribution is -2.49. The average Bonchev–Trinajstić information content (AvgIpc) is 3.40. The highest BCUT2D eigenvalue weighted by Gasteiger charge is 2.39. The molecule has 4 N–H and O–H groups in total. The van der Waals surface area contributed by atoms with Gasteiger partial charge in [-0.15, -0.1) is 0 Å². The number of amides is 3. The van der Waals surface area contributed by atoms with Crippen molar-refractivity contribution in [3.63, 3.8) is 0 Å². The molecule has 1 aliphatic heterocycles. The van der Waals surface area contributed by atoms with Gasteiger partial charge in [0.05, 0.1) is 31.2 Å². The lowest BCUT2D eigenvalue weighted by Gasteiger charge is -2.31. The summed E-state index contributed by atoms with van der Waals surface area (Å²) in [7, 11) is 0. The quantitative estimate of drug-likeness (QED) is 0.167. The van der Waals surface area contributed by atoms with E-state index in [-0.39, 0.29) is 68.7 Å². The first-order chi connectivity index (χ1) is 22.6. The largest absolute Gasteiger partial charge is 0.480 e. The number of aliphatic imine (C=N–C) groups is 1. The molecule has 3 atom stereocenters. The standard InChI is InChI=1S/C34H41N5O8/c1-3-46-30(41)17-16-29(40)39(21-28-37-27-11-7-8-18-34(27,2)38-28)20-23-12-14-25(15-13-23)31(42)35-19-26(32(43)44)36-33(45)47-22-24-9-5-4-6-10-24/h4-6,8-10,12-15,18,26-27H,3,7,11,16-17,19-22H2,1-2H3,(H,35,42)(H,36,45)(H,37,38)(H,43,44). The van der Waals surface area contributed by atoms with Crippen LogP contribution in [0.1, 0.15) is 61.0 Å². The van der Waals surface area contributed by atoms with Gasteiger partial charge in [-0.25, -0.2) is 9.59 Å². The SMILES string of the molecule is CCOC(=O)CCC(=O)N(CC1=NC2CCC=CC2(C)N1)Cc1ccc(C(=O)NCC(NC(=O)OCc2ccccc2)C(=O)O)cc1. The second-order valence-electron chi connectivity index (χ2n) is 11.5. The van der Waals surface area contributed by atoms with Crippen molar-refractivity contribution in [2.75, 3.05) is 19.7 Å². The maximum atomic E-state index is 13.3. The van der Waals surface area contributed by atoms with Gasteiger partial charge >= 0.3 is 18.0 Å². The lowest BCUT2D eigenvalue weighted by molar-refractivity contribution is -0.145. The number of carboxylic acid groups (broad SMARTS) is 1. The number of esters is 1. The van der Waals surface area contributed by atoms with E-state index >= 15 is 0 Å². The first kappa shape index (κ1) is 34.7. The summed E-state index contributed by atoms with van der Waals surface area (Å²) in [5.74, 6) is -1.88. The van der Waals surface area contributed by atoms with Crippen LogP contribution in [-0.4, -0.2) is 83.0 Å². The van der Waals surface area contributed by atoms with Crippen LogP contribution in [0.15, 0.2) is 71.7 Å². The summed E-state index contributed by atoms with van der Waals surface area (Å²) in [4.78, 5) is 68.3. The molecule has 4 rings (SSSR count). The maximum absolute atomic E-state index is 13.3. The van der Waals surface area contributed by atoms with Crippen LogP contribution < -0.4 is 16.0 Å². The number of hydrogen-bond donors (Lipinski definition) is 4. The summed E-state index contributed by atoms with van der Waals surface area (Å²) >= 11 is 0. The van der Waals surface area contributed by atoms with Gasteiger partial charge < -0.3 is 35.4 Å². The fourth-order valence-electron chi connectivity index (χ4n) is 5.33. The minimum absolute atomic E-state index is 0.0220. The van der Waals surface area contributed by atoms with Gasteiger partial charge in [0, 0.05) is 25.1 Å². The molecule has 0 aromatic heterocycles. The van der Waals surface area contributed by atoms with E-state index in [4.69, 9.17) is 14.5 Å². The van der Waals surface area contributed by atoms with Crippen LogP contribution in [0.5, 0.6) is 0 Å². The molecule has 13 nitrogen and oxygen atoms in total. The van der Waals surface area contributed by atoms with Crippen LogP contribution in [-0.2, 0) is 37.0 Å². The molecule has 1 heterocycles. The fraction of sp³-hybridized carbons (Fsp3) is 0.412. The van der Waals surface area contributed by atoms with Gasteiger partial charge in [-0.05, 0) is 49.9 Å². The molecule has 0 radical (unpaired) electrons. The van der Waals surface area contributed by atoms with Crippen molar-refractivity contribution in [2.24, 2.45) is 4.99 Å². The highest BCUT2D eigenvalue weighted by molar-refractivity contribution is 5.95. The number of rotatable bonds is 15. The predicted molar refractivity (Wildman–Crippen MR) is 172 cm³/mol. The van der Waals surface area contributed by atoms with Crippen molar-refractivity contribution in [3.8, 4) is 0 Å². The van der Waals surface area contributed by atoms with E-state index in [1.165, 1.54) is 0 Å². The van der Waals surface area contributed by atoms with Gasteiger partial charge in [0.2, 0.25) is 5.91 Å². The van der Waals surface area contributed by atoms with Crippen LogP contribution >= 0.6 is 0 Å². The normalized spacial score (nSPS) is 18.5. The molecule has 1 aliphatic carbocycles. The molecule has 0 saturated carbocycles. The number of nitrogens with zero attached hydrogens (tertiary/aromatic N) is 2. The Kier molecular flexibility index (Phi) is 12.1. The number of ether oxygens (including phenoxy) is 2. The number of allylic oxidation sites excluding steroid dienone is 1. The minimum Gasteiger partial charge on any atom is -0.480 e. The average molecular weight is 648 g/mol. The van der Waals surface area contributed by atoms with Crippen LogP contribution in [0, 0.1) is 0 Å². The van der Waals surface area contributed by atoms with E-state index in [0.29, 0.717) is 5.84 Å². The zero-order chi connectivity index (χ0) is 33.8. The number of carbonyl (C=O) groups is 5. The number of fused-ring (bicyclic) bond motifs is 1. The monoisotopic (exact) mass is 647 g/mol. The molecule has 13 heteroatoms. The summed E-state index contributed by atoms with van der Waals surface area (Å²) in [6.07, 6.45) is 5.10. The van der Waals surface area contributed by atoms with Gasteiger partial charge in [-0.1, -0.05) is 54.6 Å². The Labute approximate surface area is 273 Å². The third-order valence-electron chi connectivity index (χ3n) is 7.89. The van der Waals surface area contributed by atoms with Gasteiger partial charge in [0.25, 0.3) is 5.91 Å². The molecule has 0 fully saturated rings. The molecular weight excluding hydrogens is 606 g/mol. The smallest absolute Gasteiger partial charge is 0.408 e. The van der Waals surface area contributed by atoms with E-state index in [0.717, 1.165) is 24.0 Å². The third-order valence-corrected chi connectivity index (χ3v) is 7.89. The van der Waals surface area contributed by atoms with Crippen molar-refractivity contribution in [3.05, 3.63) is 83.4 Å². The van der Waals surface area contributed by atoms with E-state index in [1.807, 2.05) is 6.07 Å².